The maximum Gasteiger partial charge on any atom is 0.255 e. The lowest BCUT2D eigenvalue weighted by atomic mass is 10.2. The van der Waals surface area contributed by atoms with Gasteiger partial charge in [0.1, 0.15) is 5.84 Å². The van der Waals surface area contributed by atoms with Gasteiger partial charge in [0.2, 0.25) is 0 Å². The van der Waals surface area contributed by atoms with Crippen molar-refractivity contribution < 1.29 is 10.0 Å². The molecule has 0 saturated heterocycles. The third-order valence-corrected chi connectivity index (χ3v) is 3.70. The molecule has 108 valence electrons. The summed E-state index contributed by atoms with van der Waals surface area (Å²) in [5.74, 6) is -0.0504. The average Bonchev–Trinajstić information content (AvgIpc) is 3.23. The number of hydrogen-bond acceptors (Lipinski definition) is 3. The number of amidine groups is 1. The topological polar surface area (TPSA) is 78.9 Å². The van der Waals surface area contributed by atoms with Gasteiger partial charge in [-0.1, -0.05) is 28.4 Å². The highest BCUT2D eigenvalue weighted by atomic mass is 35.5. The van der Waals surface area contributed by atoms with Crippen molar-refractivity contribution in [2.45, 2.75) is 25.3 Å². The van der Waals surface area contributed by atoms with E-state index >= 15 is 0 Å². The standard InChI is InChI=1S/C13H15Cl2N3O2/c14-8-1-4-10(11(15)7-8)13(19)18(9-2-3-9)6-5-12(16)17-20/h1,4,7,9,20H,2-3,5-6H2,(H2,16,17). The summed E-state index contributed by atoms with van der Waals surface area (Å²) in [6.07, 6.45) is 2.25. The number of hydrogen-bond donors (Lipinski definition) is 2. The van der Waals surface area contributed by atoms with E-state index in [-0.39, 0.29) is 17.8 Å². The fourth-order valence-electron chi connectivity index (χ4n) is 1.94. The first-order chi connectivity index (χ1) is 9.52. The number of nitrogens with zero attached hydrogens (tertiary/aromatic N) is 2. The molecule has 20 heavy (non-hydrogen) atoms. The van der Waals surface area contributed by atoms with E-state index in [2.05, 4.69) is 5.16 Å². The van der Waals surface area contributed by atoms with Crippen LogP contribution in [0.3, 0.4) is 0 Å². The average molecular weight is 316 g/mol. The number of nitrogens with two attached hydrogens (primary N) is 1. The van der Waals surface area contributed by atoms with Crippen molar-refractivity contribution in [3.8, 4) is 0 Å². The number of carbonyl (C=O) groups is 1. The molecule has 0 aromatic heterocycles. The first-order valence-corrected chi connectivity index (χ1v) is 7.01. The zero-order valence-corrected chi connectivity index (χ0v) is 12.2. The Bertz CT molecular complexity index is 544. The van der Waals surface area contributed by atoms with Crippen LogP contribution in [-0.4, -0.2) is 34.4 Å². The Kier molecular flexibility index (Phi) is 4.73. The van der Waals surface area contributed by atoms with Gasteiger partial charge in [0.05, 0.1) is 10.6 Å². The van der Waals surface area contributed by atoms with Gasteiger partial charge in [-0.15, -0.1) is 0 Å². The van der Waals surface area contributed by atoms with E-state index in [1.165, 1.54) is 0 Å². The van der Waals surface area contributed by atoms with Crippen LogP contribution >= 0.6 is 23.2 Å². The summed E-state index contributed by atoms with van der Waals surface area (Å²) in [5, 5.41) is 12.3. The number of rotatable bonds is 5. The number of oxime groups is 1. The highest BCUT2D eigenvalue weighted by Crippen LogP contribution is 2.30. The zero-order valence-electron chi connectivity index (χ0n) is 10.7. The molecule has 0 radical (unpaired) electrons. The van der Waals surface area contributed by atoms with Crippen LogP contribution < -0.4 is 5.73 Å². The molecular weight excluding hydrogens is 301 g/mol. The van der Waals surface area contributed by atoms with Crippen LogP contribution in [0.5, 0.6) is 0 Å². The minimum atomic E-state index is -0.153. The van der Waals surface area contributed by atoms with Gasteiger partial charge >= 0.3 is 0 Å². The van der Waals surface area contributed by atoms with Crippen molar-refractivity contribution in [2.75, 3.05) is 6.54 Å². The van der Waals surface area contributed by atoms with Crippen molar-refractivity contribution in [1.82, 2.24) is 4.90 Å². The van der Waals surface area contributed by atoms with Crippen LogP contribution in [0, 0.1) is 0 Å². The van der Waals surface area contributed by atoms with E-state index in [9.17, 15) is 4.79 Å². The SMILES string of the molecule is NC(CCN(C(=O)c1ccc(Cl)cc1Cl)C1CC1)=NO. The summed E-state index contributed by atoms with van der Waals surface area (Å²) in [4.78, 5) is 14.2. The van der Waals surface area contributed by atoms with E-state index in [1.807, 2.05) is 0 Å². The van der Waals surface area contributed by atoms with E-state index < -0.39 is 0 Å². The number of carbonyl (C=O) groups excluding carboxylic acids is 1. The summed E-state index contributed by atoms with van der Waals surface area (Å²) in [6.45, 7) is 0.401. The van der Waals surface area contributed by atoms with Gasteiger partial charge in [0.25, 0.3) is 5.91 Å². The smallest absolute Gasteiger partial charge is 0.255 e. The molecule has 1 fully saturated rings. The van der Waals surface area contributed by atoms with E-state index in [4.69, 9.17) is 34.1 Å². The summed E-state index contributed by atoms with van der Waals surface area (Å²) >= 11 is 11.9. The van der Waals surface area contributed by atoms with E-state index in [0.29, 0.717) is 28.6 Å². The van der Waals surface area contributed by atoms with E-state index in [0.717, 1.165) is 12.8 Å². The third kappa shape index (κ3) is 3.55. The first kappa shape index (κ1) is 14.9. The molecule has 0 atom stereocenters. The van der Waals surface area contributed by atoms with Gasteiger partial charge in [-0.05, 0) is 31.0 Å². The number of benzene rings is 1. The van der Waals surface area contributed by atoms with Gasteiger partial charge in [0.15, 0.2) is 0 Å². The molecule has 0 aliphatic heterocycles. The lowest BCUT2D eigenvalue weighted by Crippen LogP contribution is -2.36. The molecule has 0 spiro atoms. The second-order valence-electron chi connectivity index (χ2n) is 4.70. The fraction of sp³-hybridized carbons (Fsp3) is 0.385. The predicted molar refractivity (Wildman–Crippen MR) is 78.5 cm³/mol. The van der Waals surface area contributed by atoms with Gasteiger partial charge in [-0.3, -0.25) is 4.79 Å². The molecule has 0 bridgehead atoms. The number of amides is 1. The molecule has 1 amide bonds. The van der Waals surface area contributed by atoms with E-state index in [1.54, 1.807) is 23.1 Å². The lowest BCUT2D eigenvalue weighted by Gasteiger charge is -2.22. The Hall–Kier alpha value is -1.46. The lowest BCUT2D eigenvalue weighted by molar-refractivity contribution is 0.0747. The van der Waals surface area contributed by atoms with Crippen molar-refractivity contribution >= 4 is 34.9 Å². The second-order valence-corrected chi connectivity index (χ2v) is 5.54. The van der Waals surface area contributed by atoms with Crippen molar-refractivity contribution in [2.24, 2.45) is 10.9 Å². The van der Waals surface area contributed by atoms with Crippen LogP contribution in [-0.2, 0) is 0 Å². The van der Waals surface area contributed by atoms with Crippen LogP contribution in [0.15, 0.2) is 23.4 Å². The van der Waals surface area contributed by atoms with Crippen molar-refractivity contribution in [3.05, 3.63) is 33.8 Å². The molecule has 1 aromatic carbocycles. The monoisotopic (exact) mass is 315 g/mol. The highest BCUT2D eigenvalue weighted by molar-refractivity contribution is 6.36. The van der Waals surface area contributed by atoms with Gasteiger partial charge < -0.3 is 15.8 Å². The molecule has 1 aromatic rings. The molecule has 0 heterocycles. The minimum absolute atomic E-state index is 0.102. The molecule has 7 heteroatoms. The zero-order chi connectivity index (χ0) is 14.7. The third-order valence-electron chi connectivity index (χ3n) is 3.15. The maximum atomic E-state index is 12.5. The summed E-state index contributed by atoms with van der Waals surface area (Å²) in [5.41, 5.74) is 5.87. The first-order valence-electron chi connectivity index (χ1n) is 6.25. The molecule has 1 saturated carbocycles. The Balaban J connectivity index is 2.14. The summed E-state index contributed by atoms with van der Waals surface area (Å²) in [6, 6.07) is 5.01. The molecule has 2 rings (SSSR count). The van der Waals surface area contributed by atoms with Gasteiger partial charge in [0, 0.05) is 24.0 Å². The highest BCUT2D eigenvalue weighted by Gasteiger charge is 2.33. The molecule has 1 aliphatic carbocycles. The molecule has 0 unspecified atom stereocenters. The maximum absolute atomic E-state index is 12.5. The largest absolute Gasteiger partial charge is 0.409 e. The Morgan fingerprint density at radius 1 is 1.45 bits per heavy atom. The molecule has 5 nitrogen and oxygen atoms in total. The van der Waals surface area contributed by atoms with Gasteiger partial charge in [-0.2, -0.15) is 0 Å². The normalized spacial score (nSPS) is 15.2. The Morgan fingerprint density at radius 2 is 2.15 bits per heavy atom. The second kappa shape index (κ2) is 6.33. The Morgan fingerprint density at radius 3 is 2.70 bits per heavy atom. The predicted octanol–water partition coefficient (Wildman–Crippen LogP) is 2.73. The van der Waals surface area contributed by atoms with Crippen LogP contribution in [0.25, 0.3) is 0 Å². The van der Waals surface area contributed by atoms with Crippen LogP contribution in [0.2, 0.25) is 10.0 Å². The van der Waals surface area contributed by atoms with Crippen LogP contribution in [0.4, 0.5) is 0 Å². The number of halogens is 2. The quantitative estimate of drug-likeness (QED) is 0.379. The molecule has 3 N–H and O–H groups in total. The van der Waals surface area contributed by atoms with Gasteiger partial charge in [-0.25, -0.2) is 0 Å². The van der Waals surface area contributed by atoms with Crippen molar-refractivity contribution in [3.63, 3.8) is 0 Å². The van der Waals surface area contributed by atoms with Crippen LogP contribution in [0.1, 0.15) is 29.6 Å². The summed E-state index contributed by atoms with van der Waals surface area (Å²) in [7, 11) is 0. The van der Waals surface area contributed by atoms with Crippen molar-refractivity contribution in [1.29, 1.82) is 0 Å². The summed E-state index contributed by atoms with van der Waals surface area (Å²) < 4.78 is 0. The molecular formula is C13H15Cl2N3O2. The Labute approximate surface area is 126 Å². The molecule has 1 aliphatic rings. The fourth-order valence-corrected chi connectivity index (χ4v) is 2.43. The minimum Gasteiger partial charge on any atom is -0.409 e.